The molecule has 0 heterocycles. The molecule has 0 aliphatic heterocycles. The molecule has 2 aromatic rings. The summed E-state index contributed by atoms with van der Waals surface area (Å²) in [5, 5.41) is 8.97. The second-order valence-electron chi connectivity index (χ2n) is 5.42. The number of hydrogen-bond donors (Lipinski definition) is 3. The number of carbonyl (C=O) groups excluding carboxylic acids is 1. The molecule has 0 unspecified atom stereocenters. The van der Waals surface area contributed by atoms with Crippen LogP contribution in [-0.4, -0.2) is 21.0 Å². The van der Waals surface area contributed by atoms with Crippen LogP contribution in [0.4, 0.5) is 5.69 Å². The number of aryl methyl sites for hydroxylation is 1. The summed E-state index contributed by atoms with van der Waals surface area (Å²) >= 11 is 29.0. The number of thiocarbonyl (C=S) groups is 1. The Morgan fingerprint density at radius 1 is 1.08 bits per heavy atom. The van der Waals surface area contributed by atoms with E-state index in [0.717, 1.165) is 11.3 Å². The van der Waals surface area contributed by atoms with E-state index in [4.69, 9.17) is 58.6 Å². The molecule has 0 bridgehead atoms. The lowest BCUT2D eigenvalue weighted by Crippen LogP contribution is -2.56. The molecule has 2 rings (SSSR count). The monoisotopic (exact) mass is 449 g/mol. The smallest absolute Gasteiger partial charge is 0.253 e. The molecule has 9 heteroatoms. The van der Waals surface area contributed by atoms with Crippen molar-refractivity contribution in [3.8, 4) is 0 Å². The number of amides is 1. The molecule has 0 aliphatic rings. The summed E-state index contributed by atoms with van der Waals surface area (Å²) in [5.41, 5.74) is 2.20. The van der Waals surface area contributed by atoms with Crippen molar-refractivity contribution in [3.63, 3.8) is 0 Å². The van der Waals surface area contributed by atoms with E-state index in [1.165, 1.54) is 6.07 Å². The summed E-state index contributed by atoms with van der Waals surface area (Å²) in [6.07, 6.45) is -1.07. The highest BCUT2D eigenvalue weighted by Crippen LogP contribution is 2.29. The van der Waals surface area contributed by atoms with Crippen LogP contribution in [0.15, 0.2) is 48.5 Å². The second-order valence-corrected chi connectivity index (χ2v) is 8.64. The molecule has 138 valence electrons. The van der Waals surface area contributed by atoms with Gasteiger partial charge >= 0.3 is 0 Å². The Morgan fingerprint density at radius 3 is 2.31 bits per heavy atom. The molecule has 0 spiro atoms. The molecular weight excluding hydrogens is 436 g/mol. The van der Waals surface area contributed by atoms with Gasteiger partial charge in [0.1, 0.15) is 6.17 Å². The maximum absolute atomic E-state index is 12.4. The number of nitrogens with one attached hydrogen (secondary N) is 3. The van der Waals surface area contributed by atoms with Gasteiger partial charge in [-0.05, 0) is 49.5 Å². The zero-order chi connectivity index (χ0) is 19.3. The first-order chi connectivity index (χ1) is 12.1. The molecule has 0 aromatic heterocycles. The van der Waals surface area contributed by atoms with Crippen LogP contribution in [0.25, 0.3) is 0 Å². The van der Waals surface area contributed by atoms with Gasteiger partial charge in [-0.3, -0.25) is 4.79 Å². The van der Waals surface area contributed by atoms with Gasteiger partial charge in [-0.25, -0.2) is 0 Å². The summed E-state index contributed by atoms with van der Waals surface area (Å²) in [5.74, 6) is -0.463. The molecule has 4 nitrogen and oxygen atoms in total. The molecule has 0 saturated carbocycles. The molecule has 2 aromatic carbocycles. The first-order valence-corrected chi connectivity index (χ1v) is 9.34. The van der Waals surface area contributed by atoms with Crippen molar-refractivity contribution in [3.05, 3.63) is 64.7 Å². The third-order valence-corrected chi connectivity index (χ3v) is 4.38. The molecular formula is C17H15Cl4N3OS. The Balaban J connectivity index is 2.06. The highest BCUT2D eigenvalue weighted by Gasteiger charge is 2.34. The lowest BCUT2D eigenvalue weighted by atomic mass is 10.2. The fraction of sp³-hybridized carbons (Fsp3) is 0.176. The highest BCUT2D eigenvalue weighted by atomic mass is 35.6. The first kappa shape index (κ1) is 21.1. The van der Waals surface area contributed by atoms with Gasteiger partial charge in [-0.2, -0.15) is 0 Å². The van der Waals surface area contributed by atoms with Gasteiger partial charge in [0.2, 0.25) is 3.79 Å². The van der Waals surface area contributed by atoms with E-state index in [1.807, 2.05) is 31.2 Å². The van der Waals surface area contributed by atoms with Crippen LogP contribution >= 0.6 is 58.6 Å². The number of carbonyl (C=O) groups is 1. The van der Waals surface area contributed by atoms with Crippen molar-refractivity contribution in [1.82, 2.24) is 10.6 Å². The average molecular weight is 451 g/mol. The van der Waals surface area contributed by atoms with Crippen molar-refractivity contribution >= 4 is 75.3 Å². The van der Waals surface area contributed by atoms with Crippen LogP contribution in [0.5, 0.6) is 0 Å². The molecule has 1 amide bonds. The quantitative estimate of drug-likeness (QED) is 0.346. The van der Waals surface area contributed by atoms with Crippen molar-refractivity contribution in [1.29, 1.82) is 0 Å². The van der Waals surface area contributed by atoms with Crippen molar-refractivity contribution in [2.45, 2.75) is 16.9 Å². The standard InChI is InChI=1S/C17H15Cl4N3OS/c1-10-5-7-13(8-6-10)22-16(26)24-15(17(19,20)21)23-14(25)11-3-2-4-12(18)9-11/h2-9,15H,1H3,(H,23,25)(H2,22,24,26)/t15-/m1/s1. The van der Waals surface area contributed by atoms with Gasteiger partial charge in [0, 0.05) is 16.3 Å². The molecule has 26 heavy (non-hydrogen) atoms. The van der Waals surface area contributed by atoms with Crippen molar-refractivity contribution in [2.75, 3.05) is 5.32 Å². The Labute approximate surface area is 177 Å². The minimum Gasteiger partial charge on any atom is -0.339 e. The largest absolute Gasteiger partial charge is 0.339 e. The van der Waals surface area contributed by atoms with Gasteiger partial charge < -0.3 is 16.0 Å². The topological polar surface area (TPSA) is 53.2 Å². The number of rotatable bonds is 4. The van der Waals surface area contributed by atoms with Crippen LogP contribution in [0.1, 0.15) is 15.9 Å². The second kappa shape index (κ2) is 9.11. The van der Waals surface area contributed by atoms with Gasteiger partial charge in [-0.15, -0.1) is 0 Å². The maximum atomic E-state index is 12.4. The number of benzene rings is 2. The van der Waals surface area contributed by atoms with Crippen molar-refractivity contribution < 1.29 is 4.79 Å². The average Bonchev–Trinajstić information content (AvgIpc) is 2.55. The number of anilines is 1. The van der Waals surface area contributed by atoms with Crippen LogP contribution in [0.2, 0.25) is 5.02 Å². The van der Waals surface area contributed by atoms with E-state index >= 15 is 0 Å². The lowest BCUT2D eigenvalue weighted by molar-refractivity contribution is 0.0934. The normalized spacial score (nSPS) is 12.2. The minimum atomic E-state index is -1.84. The molecule has 0 aliphatic carbocycles. The fourth-order valence-electron chi connectivity index (χ4n) is 1.98. The lowest BCUT2D eigenvalue weighted by Gasteiger charge is -2.27. The number of halogens is 4. The Bertz CT molecular complexity index is 793. The zero-order valence-electron chi connectivity index (χ0n) is 13.5. The van der Waals surface area contributed by atoms with Crippen LogP contribution in [0.3, 0.4) is 0 Å². The fourth-order valence-corrected chi connectivity index (χ4v) is 2.73. The Kier molecular flexibility index (Phi) is 7.38. The predicted octanol–water partition coefficient (Wildman–Crippen LogP) is 5.06. The molecule has 1 atom stereocenters. The molecule has 0 fully saturated rings. The van der Waals surface area contributed by atoms with E-state index in [9.17, 15) is 4.79 Å². The number of hydrogen-bond acceptors (Lipinski definition) is 2. The minimum absolute atomic E-state index is 0.191. The van der Waals surface area contributed by atoms with E-state index in [2.05, 4.69) is 16.0 Å². The summed E-state index contributed by atoms with van der Waals surface area (Å²) in [4.78, 5) is 12.4. The van der Waals surface area contributed by atoms with Crippen LogP contribution < -0.4 is 16.0 Å². The summed E-state index contributed by atoms with van der Waals surface area (Å²) in [6.45, 7) is 1.98. The van der Waals surface area contributed by atoms with E-state index in [0.29, 0.717) is 10.6 Å². The Morgan fingerprint density at radius 2 is 1.73 bits per heavy atom. The summed E-state index contributed by atoms with van der Waals surface area (Å²) in [7, 11) is 0. The highest BCUT2D eigenvalue weighted by molar-refractivity contribution is 7.80. The zero-order valence-corrected chi connectivity index (χ0v) is 17.4. The van der Waals surface area contributed by atoms with Crippen LogP contribution in [0, 0.1) is 6.92 Å². The van der Waals surface area contributed by atoms with Gasteiger partial charge in [0.05, 0.1) is 0 Å². The van der Waals surface area contributed by atoms with Gasteiger partial charge in [0.25, 0.3) is 5.91 Å². The number of alkyl halides is 3. The Hall–Kier alpha value is -1.24. The molecule has 0 saturated heterocycles. The third-order valence-electron chi connectivity index (χ3n) is 3.27. The van der Waals surface area contributed by atoms with Gasteiger partial charge in [0.15, 0.2) is 5.11 Å². The van der Waals surface area contributed by atoms with Gasteiger partial charge in [-0.1, -0.05) is 70.2 Å². The molecule has 3 N–H and O–H groups in total. The first-order valence-electron chi connectivity index (χ1n) is 7.42. The van der Waals surface area contributed by atoms with Crippen molar-refractivity contribution in [2.24, 2.45) is 0 Å². The summed E-state index contributed by atoms with van der Waals surface area (Å²) in [6, 6.07) is 14.0. The molecule has 0 radical (unpaired) electrons. The van der Waals surface area contributed by atoms with E-state index in [1.54, 1.807) is 18.2 Å². The predicted molar refractivity (Wildman–Crippen MR) is 114 cm³/mol. The van der Waals surface area contributed by atoms with E-state index < -0.39 is 15.9 Å². The van der Waals surface area contributed by atoms with Crippen LogP contribution in [-0.2, 0) is 0 Å². The third kappa shape index (κ3) is 6.49. The van der Waals surface area contributed by atoms with E-state index in [-0.39, 0.29) is 5.11 Å². The summed E-state index contributed by atoms with van der Waals surface area (Å²) < 4.78 is -1.84. The SMILES string of the molecule is Cc1ccc(NC(=S)N[C@@H](NC(=O)c2cccc(Cl)c2)C(Cl)(Cl)Cl)cc1. The maximum Gasteiger partial charge on any atom is 0.253 e.